The van der Waals surface area contributed by atoms with Gasteiger partial charge in [0, 0.05) is 19.4 Å². The molecule has 1 aromatic rings. The molecule has 1 spiro atoms. The molecule has 3 rings (SSSR count). The summed E-state index contributed by atoms with van der Waals surface area (Å²) in [6.45, 7) is 6.52. The average molecular weight is 384 g/mol. The topological polar surface area (TPSA) is 73.6 Å². The monoisotopic (exact) mass is 384 g/mol. The SMILES string of the molecule is C=C/C=C(NC[C@H]1CCCC2(C1)OC[C@@H](c1ccccc1)O2)\C(=C/C)[N+](=O)[O-]. The van der Waals surface area contributed by atoms with E-state index in [1.54, 1.807) is 19.1 Å². The van der Waals surface area contributed by atoms with Crippen molar-refractivity contribution in [3.05, 3.63) is 82.2 Å². The van der Waals surface area contributed by atoms with E-state index in [0.29, 0.717) is 24.8 Å². The van der Waals surface area contributed by atoms with Gasteiger partial charge in [-0.25, -0.2) is 0 Å². The molecule has 1 saturated carbocycles. The largest absolute Gasteiger partial charge is 0.379 e. The van der Waals surface area contributed by atoms with Gasteiger partial charge in [-0.15, -0.1) is 0 Å². The molecule has 2 aliphatic rings. The lowest BCUT2D eigenvalue weighted by Crippen LogP contribution is -2.39. The summed E-state index contributed by atoms with van der Waals surface area (Å²) in [6.07, 6.45) is 8.40. The zero-order valence-electron chi connectivity index (χ0n) is 16.3. The Morgan fingerprint density at radius 2 is 2.21 bits per heavy atom. The van der Waals surface area contributed by atoms with Crippen LogP contribution in [0.25, 0.3) is 0 Å². The molecule has 2 fully saturated rings. The van der Waals surface area contributed by atoms with Gasteiger partial charge in [-0.1, -0.05) is 43.0 Å². The van der Waals surface area contributed by atoms with Crippen molar-refractivity contribution in [3.63, 3.8) is 0 Å². The lowest BCUT2D eigenvalue weighted by atomic mass is 9.84. The second kappa shape index (κ2) is 9.17. The van der Waals surface area contributed by atoms with Gasteiger partial charge in [-0.3, -0.25) is 10.1 Å². The molecule has 1 aliphatic carbocycles. The molecule has 0 radical (unpaired) electrons. The van der Waals surface area contributed by atoms with Crippen LogP contribution < -0.4 is 5.32 Å². The van der Waals surface area contributed by atoms with Gasteiger partial charge in [0.05, 0.1) is 11.5 Å². The predicted octanol–water partition coefficient (Wildman–Crippen LogP) is 4.50. The average Bonchev–Trinajstić information content (AvgIpc) is 3.10. The third-order valence-electron chi connectivity index (χ3n) is 5.41. The van der Waals surface area contributed by atoms with E-state index < -0.39 is 5.79 Å². The number of ether oxygens (including phenoxy) is 2. The minimum absolute atomic E-state index is 0.0340. The number of benzene rings is 1. The number of nitrogens with zero attached hydrogens (tertiary/aromatic N) is 1. The summed E-state index contributed by atoms with van der Waals surface area (Å²) in [7, 11) is 0. The number of hydrogen-bond donors (Lipinski definition) is 1. The molecule has 1 heterocycles. The van der Waals surface area contributed by atoms with Crippen LogP contribution in [0.3, 0.4) is 0 Å². The normalized spacial score (nSPS) is 28.3. The quantitative estimate of drug-likeness (QED) is 0.426. The number of nitro groups is 1. The standard InChI is InChI=1S/C22H28N2O4/c1-3-9-19(20(4-2)24(25)26)23-15-17-10-8-13-22(14-17)27-16-21(28-22)18-11-6-5-7-12-18/h3-7,9,11-12,17,21,23H,1,8,10,13-16H2,2H3/b19-9+,20-4+/t17-,21-,22?/m0/s1. The van der Waals surface area contributed by atoms with E-state index in [1.807, 2.05) is 18.2 Å². The lowest BCUT2D eigenvalue weighted by Gasteiger charge is -2.36. The maximum absolute atomic E-state index is 11.3. The highest BCUT2D eigenvalue weighted by atomic mass is 16.7. The predicted molar refractivity (Wildman–Crippen MR) is 108 cm³/mol. The Bertz CT molecular complexity index is 759. The molecule has 6 heteroatoms. The van der Waals surface area contributed by atoms with Crippen molar-refractivity contribution in [2.24, 2.45) is 5.92 Å². The van der Waals surface area contributed by atoms with E-state index >= 15 is 0 Å². The summed E-state index contributed by atoms with van der Waals surface area (Å²) >= 11 is 0. The first-order chi connectivity index (χ1) is 13.6. The number of nitrogens with one attached hydrogen (secondary N) is 1. The zero-order chi connectivity index (χ0) is 20.0. The number of allylic oxidation sites excluding steroid dienone is 3. The molecule has 1 N–H and O–H groups in total. The van der Waals surface area contributed by atoms with Gasteiger partial charge >= 0.3 is 0 Å². The Labute approximate surface area is 166 Å². The van der Waals surface area contributed by atoms with E-state index in [-0.39, 0.29) is 16.7 Å². The molecule has 0 bridgehead atoms. The van der Waals surface area contributed by atoms with Gasteiger partial charge in [0.15, 0.2) is 5.79 Å². The molecule has 28 heavy (non-hydrogen) atoms. The van der Waals surface area contributed by atoms with Crippen molar-refractivity contribution < 1.29 is 14.4 Å². The van der Waals surface area contributed by atoms with E-state index in [1.165, 1.54) is 6.08 Å². The number of rotatable bonds is 7. The van der Waals surface area contributed by atoms with Crippen molar-refractivity contribution in [2.45, 2.75) is 44.5 Å². The van der Waals surface area contributed by atoms with Crippen LogP contribution in [0.4, 0.5) is 0 Å². The molecule has 3 atom stereocenters. The summed E-state index contributed by atoms with van der Waals surface area (Å²) in [4.78, 5) is 10.9. The van der Waals surface area contributed by atoms with Gasteiger partial charge in [-0.2, -0.15) is 0 Å². The molecule has 150 valence electrons. The van der Waals surface area contributed by atoms with Crippen LogP contribution in [0.5, 0.6) is 0 Å². The van der Waals surface area contributed by atoms with Crippen molar-refractivity contribution in [1.82, 2.24) is 5.32 Å². The fourth-order valence-corrected chi connectivity index (χ4v) is 4.07. The van der Waals surface area contributed by atoms with E-state index in [2.05, 4.69) is 24.0 Å². The first-order valence-electron chi connectivity index (χ1n) is 9.81. The first kappa shape index (κ1) is 20.3. The van der Waals surface area contributed by atoms with Gasteiger partial charge in [-0.05, 0) is 43.4 Å². The van der Waals surface area contributed by atoms with Crippen LogP contribution in [-0.4, -0.2) is 23.9 Å². The molecular weight excluding hydrogens is 356 g/mol. The van der Waals surface area contributed by atoms with Gasteiger partial charge in [0.2, 0.25) is 0 Å². The lowest BCUT2D eigenvalue weighted by molar-refractivity contribution is -0.421. The second-order valence-corrected chi connectivity index (χ2v) is 7.33. The maximum Gasteiger partial charge on any atom is 0.288 e. The Balaban J connectivity index is 1.61. The summed E-state index contributed by atoms with van der Waals surface area (Å²) in [6, 6.07) is 10.2. The van der Waals surface area contributed by atoms with Crippen LogP contribution in [0.15, 0.2) is 66.5 Å². The fraction of sp³-hybridized carbons (Fsp3) is 0.455. The summed E-state index contributed by atoms with van der Waals surface area (Å²) in [5, 5.41) is 14.5. The zero-order valence-corrected chi connectivity index (χ0v) is 16.3. The van der Waals surface area contributed by atoms with Crippen LogP contribution >= 0.6 is 0 Å². The highest BCUT2D eigenvalue weighted by molar-refractivity contribution is 5.26. The molecule has 0 aromatic heterocycles. The third kappa shape index (κ3) is 4.69. The van der Waals surface area contributed by atoms with Crippen LogP contribution in [0.2, 0.25) is 0 Å². The van der Waals surface area contributed by atoms with E-state index in [9.17, 15) is 10.1 Å². The van der Waals surface area contributed by atoms with Crippen molar-refractivity contribution in [3.8, 4) is 0 Å². The van der Waals surface area contributed by atoms with Gasteiger partial charge in [0.1, 0.15) is 11.8 Å². The smallest absolute Gasteiger partial charge is 0.288 e. The molecule has 1 unspecified atom stereocenters. The van der Waals surface area contributed by atoms with E-state index in [4.69, 9.17) is 9.47 Å². The fourth-order valence-electron chi connectivity index (χ4n) is 4.07. The Hall–Kier alpha value is -2.44. The number of hydrogen-bond acceptors (Lipinski definition) is 5. The van der Waals surface area contributed by atoms with Crippen molar-refractivity contribution >= 4 is 0 Å². The van der Waals surface area contributed by atoms with Crippen molar-refractivity contribution in [2.75, 3.05) is 13.2 Å². The highest BCUT2D eigenvalue weighted by Gasteiger charge is 2.45. The Kier molecular flexibility index (Phi) is 6.65. The molecule has 1 aliphatic heterocycles. The molecule has 6 nitrogen and oxygen atoms in total. The molecule has 1 saturated heterocycles. The summed E-state index contributed by atoms with van der Waals surface area (Å²) < 4.78 is 12.5. The first-order valence-corrected chi connectivity index (χ1v) is 9.81. The van der Waals surface area contributed by atoms with Gasteiger partial charge in [0.25, 0.3) is 5.70 Å². The second-order valence-electron chi connectivity index (χ2n) is 7.33. The van der Waals surface area contributed by atoms with Crippen LogP contribution in [0.1, 0.15) is 44.3 Å². The molecule has 0 amide bonds. The minimum Gasteiger partial charge on any atom is -0.379 e. The maximum atomic E-state index is 11.3. The molecule has 1 aromatic carbocycles. The Morgan fingerprint density at radius 3 is 2.89 bits per heavy atom. The minimum atomic E-state index is -0.542. The Morgan fingerprint density at radius 1 is 1.43 bits per heavy atom. The van der Waals surface area contributed by atoms with E-state index in [0.717, 1.165) is 31.2 Å². The molecular formula is C22H28N2O4. The van der Waals surface area contributed by atoms with Gasteiger partial charge < -0.3 is 14.8 Å². The van der Waals surface area contributed by atoms with Crippen molar-refractivity contribution in [1.29, 1.82) is 0 Å². The van der Waals surface area contributed by atoms with Crippen LogP contribution in [0, 0.1) is 16.0 Å². The highest BCUT2D eigenvalue weighted by Crippen LogP contribution is 2.44. The summed E-state index contributed by atoms with van der Waals surface area (Å²) in [5.74, 6) is -0.221. The van der Waals surface area contributed by atoms with Crippen LogP contribution in [-0.2, 0) is 9.47 Å². The third-order valence-corrected chi connectivity index (χ3v) is 5.41. The summed E-state index contributed by atoms with van der Waals surface area (Å²) in [5.41, 5.74) is 1.68.